The lowest BCUT2D eigenvalue weighted by atomic mass is 10.1. The average molecular weight is 517 g/mol. The fourth-order valence-corrected chi connectivity index (χ4v) is 3.66. The Morgan fingerprint density at radius 1 is 1.17 bits per heavy atom. The summed E-state index contributed by atoms with van der Waals surface area (Å²) in [6.07, 6.45) is 5.12. The van der Waals surface area contributed by atoms with Gasteiger partial charge in [0.1, 0.15) is 11.4 Å². The molecule has 2 heterocycles. The van der Waals surface area contributed by atoms with Crippen molar-refractivity contribution in [2.75, 3.05) is 6.61 Å². The number of nitrogens with zero attached hydrogens (tertiary/aromatic N) is 3. The molecule has 0 bridgehead atoms. The molecule has 8 heteroatoms. The summed E-state index contributed by atoms with van der Waals surface area (Å²) >= 11 is 2.20. The second-order valence-corrected chi connectivity index (χ2v) is 7.87. The smallest absolute Gasteiger partial charge is 0.343 e. The van der Waals surface area contributed by atoms with Crippen molar-refractivity contribution in [2.45, 2.75) is 13.5 Å². The maximum atomic E-state index is 14.5. The summed E-state index contributed by atoms with van der Waals surface area (Å²) in [6, 6.07) is 12.1. The van der Waals surface area contributed by atoms with Gasteiger partial charge in [-0.25, -0.2) is 13.9 Å². The fourth-order valence-electron chi connectivity index (χ4n) is 3.27. The molecular weight excluding hydrogens is 500 g/mol. The highest BCUT2D eigenvalue weighted by molar-refractivity contribution is 14.1. The topological polar surface area (TPSA) is 66.1 Å². The highest BCUT2D eigenvalue weighted by Crippen LogP contribution is 2.19. The van der Waals surface area contributed by atoms with Crippen LogP contribution in [0, 0.1) is 9.39 Å². The second-order valence-electron chi connectivity index (χ2n) is 6.62. The minimum absolute atomic E-state index is 0.120. The van der Waals surface area contributed by atoms with Crippen LogP contribution in [0.4, 0.5) is 4.39 Å². The molecule has 0 unspecified atom stereocenters. The van der Waals surface area contributed by atoms with E-state index in [4.69, 9.17) is 4.74 Å². The normalized spacial score (nSPS) is 11.0. The van der Waals surface area contributed by atoms with Crippen LogP contribution >= 0.6 is 22.6 Å². The monoisotopic (exact) mass is 517 g/mol. The second kappa shape index (κ2) is 8.39. The number of hydrogen-bond acceptors (Lipinski definition) is 4. The van der Waals surface area contributed by atoms with E-state index in [2.05, 4.69) is 27.7 Å². The van der Waals surface area contributed by atoms with Crippen LogP contribution in [0.25, 0.3) is 16.6 Å². The number of benzene rings is 2. The van der Waals surface area contributed by atoms with E-state index in [1.54, 1.807) is 34.5 Å². The van der Waals surface area contributed by atoms with Gasteiger partial charge in [-0.15, -0.1) is 0 Å². The number of fused-ring (bicyclic) bond motifs is 1. The van der Waals surface area contributed by atoms with E-state index in [0.29, 0.717) is 12.1 Å². The van der Waals surface area contributed by atoms with Crippen molar-refractivity contribution in [1.82, 2.24) is 14.3 Å². The van der Waals surface area contributed by atoms with E-state index in [1.165, 1.54) is 12.3 Å². The van der Waals surface area contributed by atoms with Crippen molar-refractivity contribution in [2.24, 2.45) is 0 Å². The summed E-state index contributed by atoms with van der Waals surface area (Å²) in [5, 5.41) is 4.17. The van der Waals surface area contributed by atoms with Gasteiger partial charge in [0, 0.05) is 18.9 Å². The van der Waals surface area contributed by atoms with Crippen molar-refractivity contribution >= 4 is 39.5 Å². The molecule has 0 atom stereocenters. The Morgan fingerprint density at radius 2 is 1.93 bits per heavy atom. The molecule has 0 amide bonds. The van der Waals surface area contributed by atoms with Crippen molar-refractivity contribution in [3.8, 4) is 5.69 Å². The SMILES string of the molecule is CCOC(=O)c1cn(Cc2ccc(-n3cc(I)cn3)cc2)c2cccc(F)c2c1=O. The van der Waals surface area contributed by atoms with Crippen molar-refractivity contribution in [3.05, 3.63) is 91.8 Å². The first-order chi connectivity index (χ1) is 14.5. The lowest BCUT2D eigenvalue weighted by molar-refractivity contribution is 0.0524. The third-order valence-electron chi connectivity index (χ3n) is 4.66. The third-order valence-corrected chi connectivity index (χ3v) is 5.21. The number of rotatable bonds is 5. The van der Waals surface area contributed by atoms with Gasteiger partial charge in [-0.3, -0.25) is 4.79 Å². The predicted octanol–water partition coefficient (Wildman–Crippen LogP) is 4.16. The molecule has 4 rings (SSSR count). The average Bonchev–Trinajstić information content (AvgIpc) is 3.17. The molecule has 0 spiro atoms. The Hall–Kier alpha value is -3.01. The molecule has 0 saturated carbocycles. The summed E-state index contributed by atoms with van der Waals surface area (Å²) in [4.78, 5) is 25.0. The third kappa shape index (κ3) is 3.87. The number of aromatic nitrogens is 3. The molecular formula is C22H17FIN3O3. The zero-order valence-electron chi connectivity index (χ0n) is 16.0. The Kier molecular flexibility index (Phi) is 5.67. The van der Waals surface area contributed by atoms with Crippen LogP contribution in [0.15, 0.2) is 65.8 Å². The van der Waals surface area contributed by atoms with Gasteiger partial charge in [0.15, 0.2) is 0 Å². The standard InChI is InChI=1S/C22H17FIN3O3/c1-2-30-22(29)17-13-26(19-5-3-4-18(23)20(19)21(17)28)11-14-6-8-16(9-7-14)27-12-15(24)10-25-27/h3-10,12-13H,2,11H2,1H3. The van der Waals surface area contributed by atoms with Gasteiger partial charge in [-0.05, 0) is 59.3 Å². The van der Waals surface area contributed by atoms with Crippen LogP contribution in [0.2, 0.25) is 0 Å². The van der Waals surface area contributed by atoms with Crippen molar-refractivity contribution < 1.29 is 13.9 Å². The Balaban J connectivity index is 1.76. The van der Waals surface area contributed by atoms with Crippen LogP contribution in [-0.2, 0) is 11.3 Å². The van der Waals surface area contributed by atoms with Crippen LogP contribution in [-0.4, -0.2) is 26.9 Å². The molecule has 0 fully saturated rings. The van der Waals surface area contributed by atoms with Gasteiger partial charge in [0.25, 0.3) is 0 Å². The Morgan fingerprint density at radius 3 is 2.60 bits per heavy atom. The first-order valence-electron chi connectivity index (χ1n) is 9.26. The van der Waals surface area contributed by atoms with E-state index in [9.17, 15) is 14.0 Å². The molecule has 30 heavy (non-hydrogen) atoms. The van der Waals surface area contributed by atoms with E-state index >= 15 is 0 Å². The first-order valence-corrected chi connectivity index (χ1v) is 10.3. The number of esters is 1. The highest BCUT2D eigenvalue weighted by atomic mass is 127. The lowest BCUT2D eigenvalue weighted by Gasteiger charge is -2.14. The predicted molar refractivity (Wildman–Crippen MR) is 120 cm³/mol. The molecule has 0 aliphatic heterocycles. The fraction of sp³-hybridized carbons (Fsp3) is 0.136. The minimum atomic E-state index is -0.759. The molecule has 0 radical (unpaired) electrons. The Bertz CT molecular complexity index is 1300. The molecule has 0 N–H and O–H groups in total. The summed E-state index contributed by atoms with van der Waals surface area (Å²) in [6.45, 7) is 2.13. The van der Waals surface area contributed by atoms with Gasteiger partial charge in [-0.1, -0.05) is 18.2 Å². The molecule has 152 valence electrons. The molecule has 0 saturated heterocycles. The van der Waals surface area contributed by atoms with Crippen LogP contribution in [0.3, 0.4) is 0 Å². The summed E-state index contributed by atoms with van der Waals surface area (Å²) in [5.74, 6) is -1.42. The molecule has 6 nitrogen and oxygen atoms in total. The molecule has 2 aromatic carbocycles. The number of halogens is 2. The maximum absolute atomic E-state index is 14.5. The Labute approximate surface area is 185 Å². The van der Waals surface area contributed by atoms with Gasteiger partial charge in [0.2, 0.25) is 5.43 Å². The minimum Gasteiger partial charge on any atom is -0.462 e. The van der Waals surface area contributed by atoms with E-state index in [0.717, 1.165) is 14.8 Å². The number of carbonyl (C=O) groups is 1. The van der Waals surface area contributed by atoms with E-state index in [-0.39, 0.29) is 17.6 Å². The van der Waals surface area contributed by atoms with Crippen molar-refractivity contribution in [3.63, 3.8) is 0 Å². The zero-order chi connectivity index (χ0) is 21.3. The maximum Gasteiger partial charge on any atom is 0.343 e. The largest absolute Gasteiger partial charge is 0.462 e. The van der Waals surface area contributed by atoms with Crippen LogP contribution < -0.4 is 5.43 Å². The molecule has 4 aromatic rings. The van der Waals surface area contributed by atoms with E-state index < -0.39 is 17.2 Å². The summed E-state index contributed by atoms with van der Waals surface area (Å²) < 4.78 is 23.9. The molecule has 0 aliphatic rings. The zero-order valence-corrected chi connectivity index (χ0v) is 18.2. The van der Waals surface area contributed by atoms with Gasteiger partial charge >= 0.3 is 5.97 Å². The molecule has 0 aliphatic carbocycles. The quantitative estimate of drug-likeness (QED) is 0.295. The number of carbonyl (C=O) groups excluding carboxylic acids is 1. The number of pyridine rings is 1. The first kappa shape index (κ1) is 20.3. The highest BCUT2D eigenvalue weighted by Gasteiger charge is 2.19. The van der Waals surface area contributed by atoms with Gasteiger partial charge in [-0.2, -0.15) is 5.10 Å². The van der Waals surface area contributed by atoms with Crippen LogP contribution in [0.5, 0.6) is 0 Å². The lowest BCUT2D eigenvalue weighted by Crippen LogP contribution is -2.22. The summed E-state index contributed by atoms with van der Waals surface area (Å²) in [7, 11) is 0. The van der Waals surface area contributed by atoms with Gasteiger partial charge < -0.3 is 9.30 Å². The molecule has 2 aromatic heterocycles. The van der Waals surface area contributed by atoms with Crippen molar-refractivity contribution in [1.29, 1.82) is 0 Å². The number of hydrogen-bond donors (Lipinski definition) is 0. The van der Waals surface area contributed by atoms with Gasteiger partial charge in [0.05, 0.1) is 33.0 Å². The summed E-state index contributed by atoms with van der Waals surface area (Å²) in [5.41, 5.74) is 1.40. The van der Waals surface area contributed by atoms with E-state index in [1.807, 2.05) is 30.5 Å². The number of ether oxygens (including phenoxy) is 1. The van der Waals surface area contributed by atoms with Crippen LogP contribution in [0.1, 0.15) is 22.8 Å².